The second kappa shape index (κ2) is 8.11. The summed E-state index contributed by atoms with van der Waals surface area (Å²) in [4.78, 5) is 15.9. The van der Waals surface area contributed by atoms with Gasteiger partial charge in [-0.3, -0.25) is 4.98 Å². The maximum Gasteiger partial charge on any atom is 0.345 e. The molecule has 126 valence electrons. The Morgan fingerprint density at radius 1 is 1.04 bits per heavy atom. The molecular weight excluding hydrogens is 348 g/mol. The highest BCUT2D eigenvalue weighted by atomic mass is 35.5. The van der Waals surface area contributed by atoms with Crippen LogP contribution in [-0.4, -0.2) is 11.0 Å². The van der Waals surface area contributed by atoms with Crippen LogP contribution in [0.3, 0.4) is 0 Å². The summed E-state index contributed by atoms with van der Waals surface area (Å²) in [5.41, 5.74) is 2.49. The van der Waals surface area contributed by atoms with Gasteiger partial charge >= 0.3 is 5.97 Å². The fourth-order valence-corrected chi connectivity index (χ4v) is 2.38. The average Bonchev–Trinajstić information content (AvgIpc) is 2.69. The van der Waals surface area contributed by atoms with Gasteiger partial charge in [-0.1, -0.05) is 35.9 Å². The number of nitriles is 1. The second-order valence-corrected chi connectivity index (χ2v) is 5.81. The van der Waals surface area contributed by atoms with Crippen LogP contribution in [0.25, 0.3) is 11.6 Å². The van der Waals surface area contributed by atoms with Crippen molar-refractivity contribution in [3.05, 3.63) is 94.8 Å². The molecule has 0 aliphatic carbocycles. The highest BCUT2D eigenvalue weighted by Gasteiger charge is 2.08. The lowest BCUT2D eigenvalue weighted by Gasteiger charge is -2.05. The number of nitrogens with zero attached hydrogens (tertiary/aromatic N) is 2. The Balaban J connectivity index is 1.75. The topological polar surface area (TPSA) is 63.0 Å². The summed E-state index contributed by atoms with van der Waals surface area (Å²) in [7, 11) is 0. The molecule has 0 spiro atoms. The number of aromatic nitrogens is 1. The van der Waals surface area contributed by atoms with E-state index in [1.165, 1.54) is 6.20 Å². The zero-order chi connectivity index (χ0) is 18.4. The molecule has 0 atom stereocenters. The summed E-state index contributed by atoms with van der Waals surface area (Å²) in [5, 5.41) is 10.00. The van der Waals surface area contributed by atoms with Crippen LogP contribution in [0.1, 0.15) is 21.5 Å². The van der Waals surface area contributed by atoms with E-state index in [0.717, 1.165) is 11.1 Å². The molecule has 0 radical (unpaired) electrons. The first kappa shape index (κ1) is 17.4. The molecule has 0 saturated heterocycles. The summed E-state index contributed by atoms with van der Waals surface area (Å²) >= 11 is 5.88. The van der Waals surface area contributed by atoms with Gasteiger partial charge in [0.2, 0.25) is 0 Å². The van der Waals surface area contributed by atoms with E-state index in [1.54, 1.807) is 72.9 Å². The first-order chi connectivity index (χ1) is 12.7. The van der Waals surface area contributed by atoms with Crippen molar-refractivity contribution in [2.24, 2.45) is 0 Å². The molecule has 5 heteroatoms. The molecule has 0 aliphatic heterocycles. The van der Waals surface area contributed by atoms with Gasteiger partial charge in [0.1, 0.15) is 5.75 Å². The highest BCUT2D eigenvalue weighted by molar-refractivity contribution is 6.30. The molecule has 0 N–H and O–H groups in total. The zero-order valence-corrected chi connectivity index (χ0v) is 14.4. The average molecular weight is 361 g/mol. The van der Waals surface area contributed by atoms with Crippen LogP contribution >= 0.6 is 11.6 Å². The molecule has 2 aromatic carbocycles. The van der Waals surface area contributed by atoms with Gasteiger partial charge in [0.25, 0.3) is 0 Å². The van der Waals surface area contributed by atoms with Gasteiger partial charge in [-0.05, 0) is 53.6 Å². The van der Waals surface area contributed by atoms with Gasteiger partial charge < -0.3 is 4.74 Å². The maximum atomic E-state index is 12.0. The Morgan fingerprint density at radius 3 is 2.38 bits per heavy atom. The fraction of sp³-hybridized carbons (Fsp3) is 0. The Labute approximate surface area is 156 Å². The van der Waals surface area contributed by atoms with Crippen LogP contribution in [-0.2, 0) is 0 Å². The quantitative estimate of drug-likeness (QED) is 0.283. The Bertz CT molecular complexity index is 973. The molecule has 3 rings (SSSR count). The van der Waals surface area contributed by atoms with Gasteiger partial charge in [0.15, 0.2) is 0 Å². The minimum atomic E-state index is -0.472. The van der Waals surface area contributed by atoms with Crippen molar-refractivity contribution in [3.63, 3.8) is 0 Å². The van der Waals surface area contributed by atoms with Crippen LogP contribution in [0.2, 0.25) is 5.02 Å². The van der Waals surface area contributed by atoms with Crippen molar-refractivity contribution < 1.29 is 9.53 Å². The van der Waals surface area contributed by atoms with E-state index in [0.29, 0.717) is 21.9 Å². The number of esters is 1. The van der Waals surface area contributed by atoms with E-state index in [1.807, 2.05) is 0 Å². The molecular formula is C21H13ClN2O2. The molecule has 3 aromatic rings. The molecule has 0 aliphatic rings. The van der Waals surface area contributed by atoms with Gasteiger partial charge in [-0.15, -0.1) is 0 Å². The van der Waals surface area contributed by atoms with Crippen LogP contribution < -0.4 is 4.74 Å². The van der Waals surface area contributed by atoms with Gasteiger partial charge in [0, 0.05) is 17.4 Å². The van der Waals surface area contributed by atoms with Gasteiger partial charge in [-0.25, -0.2) is 4.79 Å². The first-order valence-corrected chi connectivity index (χ1v) is 8.13. The van der Waals surface area contributed by atoms with E-state index in [2.05, 4.69) is 11.1 Å². The minimum Gasteiger partial charge on any atom is -0.423 e. The van der Waals surface area contributed by atoms with Crippen molar-refractivity contribution in [3.8, 4) is 11.8 Å². The van der Waals surface area contributed by atoms with Crippen molar-refractivity contribution in [2.75, 3.05) is 0 Å². The third kappa shape index (κ3) is 4.35. The molecule has 0 fully saturated rings. The highest BCUT2D eigenvalue weighted by Crippen LogP contribution is 2.21. The number of benzene rings is 2. The summed E-state index contributed by atoms with van der Waals surface area (Å²) in [6.07, 6.45) is 4.80. The minimum absolute atomic E-state index is 0.381. The van der Waals surface area contributed by atoms with E-state index >= 15 is 0 Å². The first-order valence-electron chi connectivity index (χ1n) is 7.76. The van der Waals surface area contributed by atoms with Gasteiger partial charge in [-0.2, -0.15) is 5.26 Å². The van der Waals surface area contributed by atoms with E-state index in [4.69, 9.17) is 16.3 Å². The van der Waals surface area contributed by atoms with Crippen LogP contribution in [0.5, 0.6) is 5.75 Å². The van der Waals surface area contributed by atoms with Crippen molar-refractivity contribution >= 4 is 29.2 Å². The lowest BCUT2D eigenvalue weighted by molar-refractivity contribution is 0.0734. The lowest BCUT2D eigenvalue weighted by atomic mass is 10.0. The number of ether oxygens (including phenoxy) is 1. The molecule has 0 saturated carbocycles. The van der Waals surface area contributed by atoms with Crippen LogP contribution in [0, 0.1) is 11.3 Å². The molecule has 0 unspecified atom stereocenters. The standard InChI is InChI=1S/C21H13ClN2O2/c22-19-7-5-16(6-8-19)18(13-23)12-15-3-9-20(10-4-15)26-21(25)17-2-1-11-24-14-17/h1-12,14H/b18-12-. The Hall–Kier alpha value is -3.42. The molecule has 1 heterocycles. The number of carbonyl (C=O) groups excluding carboxylic acids is 1. The SMILES string of the molecule is N#C/C(=C/c1ccc(OC(=O)c2cccnc2)cc1)c1ccc(Cl)cc1. The summed E-state index contributed by atoms with van der Waals surface area (Å²) in [6.45, 7) is 0. The molecule has 0 amide bonds. The molecule has 0 bridgehead atoms. The van der Waals surface area contributed by atoms with E-state index in [-0.39, 0.29) is 0 Å². The Kier molecular flexibility index (Phi) is 5.43. The van der Waals surface area contributed by atoms with E-state index < -0.39 is 5.97 Å². The number of rotatable bonds is 4. The lowest BCUT2D eigenvalue weighted by Crippen LogP contribution is -2.08. The van der Waals surface area contributed by atoms with Crippen molar-refractivity contribution in [1.29, 1.82) is 5.26 Å². The summed E-state index contributed by atoms with van der Waals surface area (Å²) in [5.74, 6) is -0.0544. The molecule has 26 heavy (non-hydrogen) atoms. The third-order valence-corrected chi connectivity index (χ3v) is 3.83. The largest absolute Gasteiger partial charge is 0.423 e. The number of hydrogen-bond donors (Lipinski definition) is 0. The normalized spacial score (nSPS) is 10.8. The van der Waals surface area contributed by atoms with Crippen LogP contribution in [0.15, 0.2) is 73.1 Å². The van der Waals surface area contributed by atoms with E-state index in [9.17, 15) is 10.1 Å². The Morgan fingerprint density at radius 2 is 1.77 bits per heavy atom. The van der Waals surface area contributed by atoms with Gasteiger partial charge in [0.05, 0.1) is 17.2 Å². The second-order valence-electron chi connectivity index (χ2n) is 5.38. The predicted molar refractivity (Wildman–Crippen MR) is 101 cm³/mol. The van der Waals surface area contributed by atoms with Crippen molar-refractivity contribution in [1.82, 2.24) is 4.98 Å². The molecule has 1 aromatic heterocycles. The summed E-state index contributed by atoms with van der Waals surface area (Å²) in [6, 6.07) is 19.5. The zero-order valence-electron chi connectivity index (χ0n) is 13.6. The number of pyridine rings is 1. The monoisotopic (exact) mass is 360 g/mol. The number of carbonyl (C=O) groups is 1. The van der Waals surface area contributed by atoms with Crippen molar-refractivity contribution in [2.45, 2.75) is 0 Å². The molecule has 4 nitrogen and oxygen atoms in total. The smallest absolute Gasteiger partial charge is 0.345 e. The number of allylic oxidation sites excluding steroid dienone is 1. The van der Waals surface area contributed by atoms with Crippen LogP contribution in [0.4, 0.5) is 0 Å². The summed E-state index contributed by atoms with van der Waals surface area (Å²) < 4.78 is 5.31. The fourth-order valence-electron chi connectivity index (χ4n) is 2.26. The third-order valence-electron chi connectivity index (χ3n) is 3.57. The number of hydrogen-bond acceptors (Lipinski definition) is 4. The number of halogens is 1. The predicted octanol–water partition coefficient (Wildman–Crippen LogP) is 5.02. The maximum absolute atomic E-state index is 12.0.